The predicted molar refractivity (Wildman–Crippen MR) is 97.5 cm³/mol. The van der Waals surface area contributed by atoms with Crippen LogP contribution >= 0.6 is 0 Å². The molecule has 1 saturated heterocycles. The van der Waals surface area contributed by atoms with Crippen molar-refractivity contribution in [2.24, 2.45) is 0 Å². The maximum Gasteiger partial charge on any atom is 0.272 e. The quantitative estimate of drug-likeness (QED) is 0.856. The second kappa shape index (κ2) is 8.32. The third-order valence-corrected chi connectivity index (χ3v) is 5.22. The minimum absolute atomic E-state index is 0.0484. The Bertz CT molecular complexity index is 603. The molecule has 0 aromatic carbocycles. The fourth-order valence-electron chi connectivity index (χ4n) is 3.68. The highest BCUT2D eigenvalue weighted by molar-refractivity contribution is 5.93. The maximum atomic E-state index is 12.7. The number of hydrogen-bond acceptors (Lipinski definition) is 4. The predicted octanol–water partition coefficient (Wildman–Crippen LogP) is 2.52. The van der Waals surface area contributed by atoms with E-state index in [1.54, 1.807) is 22.9 Å². The van der Waals surface area contributed by atoms with Gasteiger partial charge in [-0.1, -0.05) is 25.7 Å². The summed E-state index contributed by atoms with van der Waals surface area (Å²) in [7, 11) is 0. The van der Waals surface area contributed by atoms with E-state index in [0.717, 1.165) is 5.69 Å². The molecule has 1 saturated carbocycles. The molecule has 1 aliphatic heterocycles. The molecule has 0 spiro atoms. The van der Waals surface area contributed by atoms with Crippen LogP contribution in [0.25, 0.3) is 0 Å². The zero-order valence-corrected chi connectivity index (χ0v) is 15.0. The Kier molecular flexibility index (Phi) is 5.89. The number of carbonyl (C=O) groups is 2. The maximum absolute atomic E-state index is 12.7. The summed E-state index contributed by atoms with van der Waals surface area (Å²) in [5.41, 5.74) is 1.46. The number of nitrogens with one attached hydrogen (secondary N) is 1. The molecule has 0 bridgehead atoms. The number of hydrogen-bond donors (Lipinski definition) is 1. The summed E-state index contributed by atoms with van der Waals surface area (Å²) in [6.07, 6.45) is 9.29. The van der Waals surface area contributed by atoms with Crippen molar-refractivity contribution in [3.05, 3.63) is 24.0 Å². The van der Waals surface area contributed by atoms with Crippen molar-refractivity contribution in [3.63, 3.8) is 0 Å². The van der Waals surface area contributed by atoms with E-state index in [1.807, 2.05) is 12.1 Å². The number of nitrogens with zero attached hydrogens (tertiary/aromatic N) is 3. The Morgan fingerprint density at radius 2 is 1.68 bits per heavy atom. The second-order valence-electron chi connectivity index (χ2n) is 7.06. The molecular weight excluding hydrogens is 316 g/mol. The van der Waals surface area contributed by atoms with E-state index in [9.17, 15) is 9.59 Å². The normalized spacial score (nSPS) is 19.4. The summed E-state index contributed by atoms with van der Waals surface area (Å²) in [4.78, 5) is 31.9. The molecule has 2 amide bonds. The molecule has 136 valence electrons. The molecule has 1 aromatic heterocycles. The van der Waals surface area contributed by atoms with E-state index in [4.69, 9.17) is 0 Å². The molecule has 25 heavy (non-hydrogen) atoms. The van der Waals surface area contributed by atoms with Crippen LogP contribution in [-0.4, -0.2) is 58.8 Å². The van der Waals surface area contributed by atoms with Crippen LogP contribution in [0.5, 0.6) is 0 Å². The third-order valence-electron chi connectivity index (χ3n) is 5.22. The van der Waals surface area contributed by atoms with Crippen molar-refractivity contribution >= 4 is 17.5 Å². The van der Waals surface area contributed by atoms with Crippen LogP contribution in [0.15, 0.2) is 18.3 Å². The molecular formula is C19H28N4O2. The highest BCUT2D eigenvalue weighted by atomic mass is 16.2. The lowest BCUT2D eigenvalue weighted by molar-refractivity contribution is -0.130. The van der Waals surface area contributed by atoms with Crippen molar-refractivity contribution in [1.29, 1.82) is 0 Å². The Labute approximate surface area is 149 Å². The first kappa shape index (κ1) is 17.7. The lowest BCUT2D eigenvalue weighted by Gasteiger charge is -2.34. The Balaban J connectivity index is 1.60. The van der Waals surface area contributed by atoms with E-state index in [0.29, 0.717) is 37.9 Å². The smallest absolute Gasteiger partial charge is 0.272 e. The summed E-state index contributed by atoms with van der Waals surface area (Å²) in [5.74, 6) is 0.0209. The molecule has 2 fully saturated rings. The topological polar surface area (TPSA) is 65.5 Å². The number of carbonyl (C=O) groups excluding carboxylic acids is 2. The molecule has 0 radical (unpaired) electrons. The Morgan fingerprint density at radius 1 is 1.04 bits per heavy atom. The summed E-state index contributed by atoms with van der Waals surface area (Å²) in [5, 5.41) is 3.58. The van der Waals surface area contributed by atoms with Crippen LogP contribution in [-0.2, 0) is 4.79 Å². The molecule has 1 N–H and O–H groups in total. The Morgan fingerprint density at radius 3 is 2.32 bits per heavy atom. The number of amides is 2. The fraction of sp³-hybridized carbons (Fsp3) is 0.632. The van der Waals surface area contributed by atoms with Crippen LogP contribution in [0.1, 0.15) is 55.9 Å². The summed E-state index contributed by atoms with van der Waals surface area (Å²) in [6, 6.07) is 4.30. The standard InChI is InChI=1S/C19H28N4O2/c1-15(24)22-10-12-23(13-11-22)19(25)18-14-17(8-9-20-18)21-16-6-4-2-3-5-7-16/h8-9,14,16H,2-7,10-13H2,1H3,(H,20,21). The van der Waals surface area contributed by atoms with Gasteiger partial charge in [0, 0.05) is 51.0 Å². The van der Waals surface area contributed by atoms with Gasteiger partial charge in [-0.3, -0.25) is 14.6 Å². The van der Waals surface area contributed by atoms with E-state index in [1.165, 1.54) is 38.5 Å². The zero-order valence-electron chi connectivity index (χ0n) is 15.0. The lowest BCUT2D eigenvalue weighted by Crippen LogP contribution is -2.50. The van der Waals surface area contributed by atoms with Gasteiger partial charge in [-0.2, -0.15) is 0 Å². The number of rotatable bonds is 3. The Hall–Kier alpha value is -2.11. The summed E-state index contributed by atoms with van der Waals surface area (Å²) >= 11 is 0. The van der Waals surface area contributed by atoms with E-state index in [-0.39, 0.29) is 11.8 Å². The van der Waals surface area contributed by atoms with Gasteiger partial charge in [0.1, 0.15) is 5.69 Å². The van der Waals surface area contributed by atoms with Gasteiger partial charge in [0.25, 0.3) is 5.91 Å². The summed E-state index contributed by atoms with van der Waals surface area (Å²) < 4.78 is 0. The molecule has 3 rings (SSSR count). The molecule has 1 aliphatic carbocycles. The summed E-state index contributed by atoms with van der Waals surface area (Å²) in [6.45, 7) is 3.91. The van der Waals surface area contributed by atoms with Crippen LogP contribution in [0, 0.1) is 0 Å². The van der Waals surface area contributed by atoms with Crippen LogP contribution in [0.3, 0.4) is 0 Å². The van der Waals surface area contributed by atoms with Crippen LogP contribution in [0.2, 0.25) is 0 Å². The van der Waals surface area contributed by atoms with Gasteiger partial charge < -0.3 is 15.1 Å². The average Bonchev–Trinajstić information content (AvgIpc) is 2.90. The molecule has 6 heteroatoms. The molecule has 1 aromatic rings. The van der Waals surface area contributed by atoms with Gasteiger partial charge in [-0.15, -0.1) is 0 Å². The van der Waals surface area contributed by atoms with Gasteiger partial charge in [-0.05, 0) is 25.0 Å². The van der Waals surface area contributed by atoms with Gasteiger partial charge in [0.2, 0.25) is 5.91 Å². The highest BCUT2D eigenvalue weighted by Gasteiger charge is 2.24. The van der Waals surface area contributed by atoms with Gasteiger partial charge in [-0.25, -0.2) is 0 Å². The first-order valence-corrected chi connectivity index (χ1v) is 9.41. The SMILES string of the molecule is CC(=O)N1CCN(C(=O)c2cc(NC3CCCCCC3)ccn2)CC1. The largest absolute Gasteiger partial charge is 0.382 e. The third kappa shape index (κ3) is 4.71. The molecule has 0 unspecified atom stereocenters. The number of anilines is 1. The van der Waals surface area contributed by atoms with Crippen LogP contribution in [0.4, 0.5) is 5.69 Å². The van der Waals surface area contributed by atoms with Crippen molar-refractivity contribution in [2.45, 2.75) is 51.5 Å². The van der Waals surface area contributed by atoms with Gasteiger partial charge >= 0.3 is 0 Å². The number of piperazine rings is 1. The lowest BCUT2D eigenvalue weighted by atomic mass is 10.1. The zero-order chi connectivity index (χ0) is 17.6. The van der Waals surface area contributed by atoms with Crippen molar-refractivity contribution in [3.8, 4) is 0 Å². The minimum atomic E-state index is -0.0484. The van der Waals surface area contributed by atoms with Gasteiger partial charge in [0.05, 0.1) is 0 Å². The monoisotopic (exact) mass is 344 g/mol. The van der Waals surface area contributed by atoms with Crippen LogP contribution < -0.4 is 5.32 Å². The van der Waals surface area contributed by atoms with Crippen molar-refractivity contribution < 1.29 is 9.59 Å². The van der Waals surface area contributed by atoms with E-state index < -0.39 is 0 Å². The first-order valence-electron chi connectivity index (χ1n) is 9.41. The average molecular weight is 344 g/mol. The number of pyridine rings is 1. The fourth-order valence-corrected chi connectivity index (χ4v) is 3.68. The second-order valence-corrected chi connectivity index (χ2v) is 7.06. The first-order chi connectivity index (χ1) is 12.1. The van der Waals surface area contributed by atoms with E-state index in [2.05, 4.69) is 10.3 Å². The van der Waals surface area contributed by atoms with Crippen molar-refractivity contribution in [2.75, 3.05) is 31.5 Å². The van der Waals surface area contributed by atoms with E-state index >= 15 is 0 Å². The molecule has 0 atom stereocenters. The number of aromatic nitrogens is 1. The molecule has 2 heterocycles. The molecule has 2 aliphatic rings. The highest BCUT2D eigenvalue weighted by Crippen LogP contribution is 2.21. The molecule has 6 nitrogen and oxygen atoms in total. The van der Waals surface area contributed by atoms with Crippen molar-refractivity contribution in [1.82, 2.24) is 14.8 Å². The minimum Gasteiger partial charge on any atom is -0.382 e. The van der Waals surface area contributed by atoms with Gasteiger partial charge in [0.15, 0.2) is 0 Å².